The van der Waals surface area contributed by atoms with Crippen molar-refractivity contribution in [2.24, 2.45) is 0 Å². The van der Waals surface area contributed by atoms with E-state index < -0.39 is 0 Å². The third kappa shape index (κ3) is 3.96. The van der Waals surface area contributed by atoms with Crippen LogP contribution in [0.15, 0.2) is 46.9 Å². The average Bonchev–Trinajstić information content (AvgIpc) is 2.42. The van der Waals surface area contributed by atoms with Crippen molar-refractivity contribution in [1.82, 2.24) is 0 Å². The average molecular weight is 339 g/mol. The van der Waals surface area contributed by atoms with Crippen LogP contribution in [0.2, 0.25) is 0 Å². The number of nitrogens with two attached hydrogens (primary N) is 1. The number of anilines is 2. The van der Waals surface area contributed by atoms with Crippen molar-refractivity contribution in [1.29, 1.82) is 0 Å². The number of nitrogen functional groups attached to an aromatic ring is 1. The van der Waals surface area contributed by atoms with Gasteiger partial charge in [-0.25, -0.2) is 4.39 Å². The molecule has 0 radical (unpaired) electrons. The van der Waals surface area contributed by atoms with Gasteiger partial charge in [0.05, 0.1) is 4.47 Å². The molecule has 0 saturated carbocycles. The van der Waals surface area contributed by atoms with Gasteiger partial charge in [-0.15, -0.1) is 0 Å². The number of hydrogen-bond acceptors (Lipinski definition) is 3. The van der Waals surface area contributed by atoms with E-state index in [0.29, 0.717) is 21.6 Å². The zero-order valence-electron chi connectivity index (χ0n) is 10.4. The number of amides is 1. The van der Waals surface area contributed by atoms with Crippen LogP contribution in [-0.4, -0.2) is 12.5 Å². The highest BCUT2D eigenvalue weighted by atomic mass is 79.9. The second kappa shape index (κ2) is 6.38. The van der Waals surface area contributed by atoms with Gasteiger partial charge in [0.15, 0.2) is 6.61 Å². The SMILES string of the molecule is Nc1ccc(Br)c(OCC(=O)Nc2ccc(F)cc2)c1. The van der Waals surface area contributed by atoms with E-state index in [1.54, 1.807) is 18.2 Å². The van der Waals surface area contributed by atoms with Crippen molar-refractivity contribution in [2.45, 2.75) is 0 Å². The molecule has 0 bridgehead atoms. The lowest BCUT2D eigenvalue weighted by Crippen LogP contribution is -2.20. The highest BCUT2D eigenvalue weighted by Crippen LogP contribution is 2.26. The van der Waals surface area contributed by atoms with Gasteiger partial charge in [-0.3, -0.25) is 4.79 Å². The minimum absolute atomic E-state index is 0.167. The third-order valence-corrected chi connectivity index (χ3v) is 3.10. The van der Waals surface area contributed by atoms with Crippen molar-refractivity contribution >= 4 is 33.2 Å². The Balaban J connectivity index is 1.92. The molecule has 0 saturated heterocycles. The van der Waals surface area contributed by atoms with E-state index in [4.69, 9.17) is 10.5 Å². The number of halogens is 2. The lowest BCUT2D eigenvalue weighted by atomic mass is 10.3. The van der Waals surface area contributed by atoms with Crippen LogP contribution in [-0.2, 0) is 4.79 Å². The van der Waals surface area contributed by atoms with Crippen LogP contribution in [0.5, 0.6) is 5.75 Å². The summed E-state index contributed by atoms with van der Waals surface area (Å²) in [4.78, 5) is 11.7. The summed E-state index contributed by atoms with van der Waals surface area (Å²) in [6.45, 7) is -0.167. The third-order valence-electron chi connectivity index (χ3n) is 2.44. The maximum Gasteiger partial charge on any atom is 0.262 e. The van der Waals surface area contributed by atoms with Gasteiger partial charge < -0.3 is 15.8 Å². The fraction of sp³-hybridized carbons (Fsp3) is 0.0714. The molecule has 1 amide bonds. The van der Waals surface area contributed by atoms with Crippen molar-refractivity contribution in [2.75, 3.05) is 17.7 Å². The zero-order chi connectivity index (χ0) is 14.5. The van der Waals surface area contributed by atoms with Crippen LogP contribution in [0, 0.1) is 5.82 Å². The number of hydrogen-bond donors (Lipinski definition) is 2. The summed E-state index contributed by atoms with van der Waals surface area (Å²) in [7, 11) is 0. The highest BCUT2D eigenvalue weighted by Gasteiger charge is 2.06. The van der Waals surface area contributed by atoms with E-state index in [1.807, 2.05) is 0 Å². The second-order valence-electron chi connectivity index (χ2n) is 4.03. The number of nitrogens with one attached hydrogen (secondary N) is 1. The zero-order valence-corrected chi connectivity index (χ0v) is 12.0. The highest BCUT2D eigenvalue weighted by molar-refractivity contribution is 9.10. The van der Waals surface area contributed by atoms with Gasteiger partial charge in [-0.05, 0) is 52.3 Å². The summed E-state index contributed by atoms with van der Waals surface area (Å²) in [5, 5.41) is 2.60. The van der Waals surface area contributed by atoms with Crippen molar-refractivity contribution in [3.63, 3.8) is 0 Å². The topological polar surface area (TPSA) is 64.3 Å². The van der Waals surface area contributed by atoms with Crippen molar-refractivity contribution in [3.05, 3.63) is 52.8 Å². The molecule has 0 unspecified atom stereocenters. The number of carbonyl (C=O) groups excluding carboxylic acids is 1. The molecule has 0 aliphatic heterocycles. The van der Waals surface area contributed by atoms with Crippen LogP contribution in [0.3, 0.4) is 0 Å². The molecule has 0 heterocycles. The Bertz CT molecular complexity index is 617. The van der Waals surface area contributed by atoms with Gasteiger partial charge >= 0.3 is 0 Å². The van der Waals surface area contributed by atoms with E-state index in [0.717, 1.165) is 0 Å². The van der Waals surface area contributed by atoms with Gasteiger partial charge in [0.25, 0.3) is 5.91 Å². The van der Waals surface area contributed by atoms with Gasteiger partial charge in [0, 0.05) is 17.4 Å². The molecule has 4 nitrogen and oxygen atoms in total. The molecule has 104 valence electrons. The number of carbonyl (C=O) groups is 1. The predicted octanol–water partition coefficient (Wildman–Crippen LogP) is 3.19. The van der Waals surface area contributed by atoms with E-state index >= 15 is 0 Å². The molecular weight excluding hydrogens is 327 g/mol. The van der Waals surface area contributed by atoms with Crippen LogP contribution in [0.4, 0.5) is 15.8 Å². The Kier molecular flexibility index (Phi) is 4.57. The molecule has 2 aromatic rings. The lowest BCUT2D eigenvalue weighted by molar-refractivity contribution is -0.118. The Morgan fingerprint density at radius 3 is 2.65 bits per heavy atom. The number of rotatable bonds is 4. The maximum atomic E-state index is 12.7. The van der Waals surface area contributed by atoms with Gasteiger partial charge in [0.2, 0.25) is 0 Å². The first-order valence-electron chi connectivity index (χ1n) is 5.78. The molecule has 3 N–H and O–H groups in total. The smallest absolute Gasteiger partial charge is 0.262 e. The molecule has 2 aromatic carbocycles. The van der Waals surface area contributed by atoms with E-state index in [2.05, 4.69) is 21.2 Å². The van der Waals surface area contributed by atoms with E-state index in [-0.39, 0.29) is 18.3 Å². The Morgan fingerprint density at radius 2 is 1.95 bits per heavy atom. The maximum absolute atomic E-state index is 12.7. The summed E-state index contributed by atoms with van der Waals surface area (Å²) < 4.78 is 18.8. The predicted molar refractivity (Wildman–Crippen MR) is 79.1 cm³/mol. The van der Waals surface area contributed by atoms with E-state index in [1.165, 1.54) is 24.3 Å². The molecule has 0 fully saturated rings. The van der Waals surface area contributed by atoms with Gasteiger partial charge in [-0.2, -0.15) is 0 Å². The fourth-order valence-electron chi connectivity index (χ4n) is 1.50. The molecule has 0 aromatic heterocycles. The molecule has 0 aliphatic rings. The molecule has 6 heteroatoms. The normalized spacial score (nSPS) is 10.1. The van der Waals surface area contributed by atoms with Crippen LogP contribution >= 0.6 is 15.9 Å². The Morgan fingerprint density at radius 1 is 1.25 bits per heavy atom. The number of ether oxygens (including phenoxy) is 1. The van der Waals surface area contributed by atoms with E-state index in [9.17, 15) is 9.18 Å². The molecule has 0 aliphatic carbocycles. The summed E-state index contributed by atoms with van der Waals surface area (Å²) in [5.74, 6) is -0.215. The minimum Gasteiger partial charge on any atom is -0.483 e. The standard InChI is InChI=1S/C14H12BrFN2O2/c15-12-6-3-10(17)7-13(12)20-8-14(19)18-11-4-1-9(16)2-5-11/h1-7H,8,17H2,(H,18,19). The molecule has 0 atom stereocenters. The summed E-state index contributed by atoms with van der Waals surface area (Å²) >= 11 is 3.30. The molecule has 2 rings (SSSR count). The first kappa shape index (κ1) is 14.3. The summed E-state index contributed by atoms with van der Waals surface area (Å²) in [6.07, 6.45) is 0. The Hall–Kier alpha value is -2.08. The number of benzene rings is 2. The Labute approximate surface area is 123 Å². The molecule has 20 heavy (non-hydrogen) atoms. The molecule has 0 spiro atoms. The monoisotopic (exact) mass is 338 g/mol. The first-order chi connectivity index (χ1) is 9.54. The van der Waals surface area contributed by atoms with Crippen molar-refractivity contribution in [3.8, 4) is 5.75 Å². The van der Waals surface area contributed by atoms with Gasteiger partial charge in [0.1, 0.15) is 11.6 Å². The summed E-state index contributed by atoms with van der Waals surface area (Å²) in [6, 6.07) is 10.6. The fourth-order valence-corrected chi connectivity index (χ4v) is 1.87. The minimum atomic E-state index is -0.358. The first-order valence-corrected chi connectivity index (χ1v) is 6.57. The van der Waals surface area contributed by atoms with Crippen LogP contribution in [0.1, 0.15) is 0 Å². The van der Waals surface area contributed by atoms with Crippen LogP contribution < -0.4 is 15.8 Å². The molecular formula is C14H12BrFN2O2. The van der Waals surface area contributed by atoms with Crippen molar-refractivity contribution < 1.29 is 13.9 Å². The summed E-state index contributed by atoms with van der Waals surface area (Å²) in [5.41, 5.74) is 6.68. The van der Waals surface area contributed by atoms with Gasteiger partial charge in [-0.1, -0.05) is 0 Å². The largest absolute Gasteiger partial charge is 0.483 e. The lowest BCUT2D eigenvalue weighted by Gasteiger charge is -2.09. The second-order valence-corrected chi connectivity index (χ2v) is 4.89. The quantitative estimate of drug-likeness (QED) is 0.841. The van der Waals surface area contributed by atoms with Crippen LogP contribution in [0.25, 0.3) is 0 Å².